The normalized spacial score (nSPS) is 11.7. The van der Waals surface area contributed by atoms with Gasteiger partial charge in [0.15, 0.2) is 0 Å². The molecule has 0 amide bonds. The zero-order chi connectivity index (χ0) is 9.52. The SMILES string of the molecule is C#CC(CCC)Nc1ccncn1. The molecule has 1 aromatic rings. The van der Waals surface area contributed by atoms with Gasteiger partial charge in [-0.25, -0.2) is 9.97 Å². The molecule has 3 heteroatoms. The molecule has 0 fully saturated rings. The van der Waals surface area contributed by atoms with Crippen molar-refractivity contribution in [3.8, 4) is 12.3 Å². The summed E-state index contributed by atoms with van der Waals surface area (Å²) in [6.07, 6.45) is 10.6. The van der Waals surface area contributed by atoms with Crippen LogP contribution < -0.4 is 5.32 Å². The van der Waals surface area contributed by atoms with Gasteiger partial charge in [-0.15, -0.1) is 6.42 Å². The van der Waals surface area contributed by atoms with Gasteiger partial charge in [-0.2, -0.15) is 0 Å². The Morgan fingerprint density at radius 3 is 3.08 bits per heavy atom. The van der Waals surface area contributed by atoms with E-state index in [0.29, 0.717) is 0 Å². The van der Waals surface area contributed by atoms with Crippen molar-refractivity contribution < 1.29 is 0 Å². The molecule has 0 saturated heterocycles. The quantitative estimate of drug-likeness (QED) is 0.708. The second kappa shape index (κ2) is 5.15. The van der Waals surface area contributed by atoms with Gasteiger partial charge in [-0.3, -0.25) is 0 Å². The molecule has 0 radical (unpaired) electrons. The number of nitrogens with zero attached hydrogens (tertiary/aromatic N) is 2. The largest absolute Gasteiger partial charge is 0.356 e. The van der Waals surface area contributed by atoms with Crippen LogP contribution in [0.1, 0.15) is 19.8 Å². The molecule has 0 saturated carbocycles. The van der Waals surface area contributed by atoms with Crippen LogP contribution in [0.4, 0.5) is 5.82 Å². The molecule has 1 N–H and O–H groups in total. The van der Waals surface area contributed by atoms with E-state index in [-0.39, 0.29) is 6.04 Å². The smallest absolute Gasteiger partial charge is 0.130 e. The Balaban J connectivity index is 2.53. The molecule has 13 heavy (non-hydrogen) atoms. The fourth-order valence-corrected chi connectivity index (χ4v) is 1.04. The predicted molar refractivity (Wildman–Crippen MR) is 53.2 cm³/mol. The molecule has 1 rings (SSSR count). The Kier molecular flexibility index (Phi) is 3.77. The number of hydrogen-bond acceptors (Lipinski definition) is 3. The van der Waals surface area contributed by atoms with Crippen molar-refractivity contribution in [2.45, 2.75) is 25.8 Å². The zero-order valence-electron chi connectivity index (χ0n) is 7.70. The third-order valence-electron chi connectivity index (χ3n) is 1.68. The first kappa shape index (κ1) is 9.53. The average molecular weight is 175 g/mol. The molecule has 0 aliphatic rings. The monoisotopic (exact) mass is 175 g/mol. The van der Waals surface area contributed by atoms with Crippen molar-refractivity contribution in [3.63, 3.8) is 0 Å². The molecule has 1 atom stereocenters. The van der Waals surface area contributed by atoms with E-state index in [1.807, 2.05) is 0 Å². The van der Waals surface area contributed by atoms with Gasteiger partial charge in [0.05, 0.1) is 6.04 Å². The van der Waals surface area contributed by atoms with Crippen LogP contribution in [0.15, 0.2) is 18.6 Å². The molecule has 1 unspecified atom stereocenters. The van der Waals surface area contributed by atoms with E-state index < -0.39 is 0 Å². The summed E-state index contributed by atoms with van der Waals surface area (Å²) >= 11 is 0. The number of hydrogen-bond donors (Lipinski definition) is 1. The van der Waals surface area contributed by atoms with E-state index in [4.69, 9.17) is 6.42 Å². The standard InChI is InChI=1S/C10H13N3/c1-3-5-9(4-2)13-10-6-7-11-8-12-10/h2,6-9H,3,5H2,1H3,(H,11,12,13). The summed E-state index contributed by atoms with van der Waals surface area (Å²) in [7, 11) is 0. The lowest BCUT2D eigenvalue weighted by Gasteiger charge is -2.11. The van der Waals surface area contributed by atoms with Gasteiger partial charge in [-0.1, -0.05) is 19.3 Å². The van der Waals surface area contributed by atoms with Gasteiger partial charge in [0.2, 0.25) is 0 Å². The Hall–Kier alpha value is -1.56. The van der Waals surface area contributed by atoms with Gasteiger partial charge in [0.1, 0.15) is 12.1 Å². The zero-order valence-corrected chi connectivity index (χ0v) is 7.70. The highest BCUT2D eigenvalue weighted by molar-refractivity contribution is 5.35. The minimum absolute atomic E-state index is 0.0694. The predicted octanol–water partition coefficient (Wildman–Crippen LogP) is 1.69. The second-order valence-electron chi connectivity index (χ2n) is 2.75. The second-order valence-corrected chi connectivity index (χ2v) is 2.75. The van der Waals surface area contributed by atoms with Crippen LogP contribution >= 0.6 is 0 Å². The van der Waals surface area contributed by atoms with Crippen LogP contribution in [-0.4, -0.2) is 16.0 Å². The highest BCUT2D eigenvalue weighted by atomic mass is 15.0. The molecule has 0 aliphatic heterocycles. The molecule has 0 aromatic carbocycles. The van der Waals surface area contributed by atoms with Crippen LogP contribution in [0.2, 0.25) is 0 Å². The minimum Gasteiger partial charge on any atom is -0.356 e. The molecular weight excluding hydrogens is 162 g/mol. The molecule has 68 valence electrons. The fraction of sp³-hybridized carbons (Fsp3) is 0.400. The molecule has 0 spiro atoms. The summed E-state index contributed by atoms with van der Waals surface area (Å²) in [6, 6.07) is 1.87. The molecule has 0 bridgehead atoms. The van der Waals surface area contributed by atoms with E-state index >= 15 is 0 Å². The Labute approximate surface area is 78.6 Å². The molecular formula is C10H13N3. The number of nitrogens with one attached hydrogen (secondary N) is 1. The summed E-state index contributed by atoms with van der Waals surface area (Å²) in [5, 5.41) is 3.14. The third-order valence-corrected chi connectivity index (χ3v) is 1.68. The highest BCUT2D eigenvalue weighted by Gasteiger charge is 2.02. The molecule has 1 aromatic heterocycles. The van der Waals surface area contributed by atoms with Crippen molar-refractivity contribution in [1.82, 2.24) is 9.97 Å². The summed E-state index contributed by atoms with van der Waals surface area (Å²) in [5.74, 6) is 3.46. The van der Waals surface area contributed by atoms with Gasteiger partial charge in [-0.05, 0) is 12.5 Å². The number of aromatic nitrogens is 2. The Morgan fingerprint density at radius 2 is 2.54 bits per heavy atom. The number of rotatable bonds is 4. The lowest BCUT2D eigenvalue weighted by atomic mass is 10.2. The lowest BCUT2D eigenvalue weighted by molar-refractivity contribution is 0.752. The summed E-state index contributed by atoms with van der Waals surface area (Å²) in [5.41, 5.74) is 0. The summed E-state index contributed by atoms with van der Waals surface area (Å²) in [4.78, 5) is 7.85. The van der Waals surface area contributed by atoms with E-state index in [9.17, 15) is 0 Å². The van der Waals surface area contributed by atoms with Crippen molar-refractivity contribution >= 4 is 5.82 Å². The Morgan fingerprint density at radius 1 is 1.69 bits per heavy atom. The number of anilines is 1. The van der Waals surface area contributed by atoms with E-state index in [2.05, 4.69) is 28.1 Å². The fourth-order valence-electron chi connectivity index (χ4n) is 1.04. The van der Waals surface area contributed by atoms with Crippen LogP contribution in [0.3, 0.4) is 0 Å². The van der Waals surface area contributed by atoms with E-state index in [1.54, 1.807) is 12.3 Å². The van der Waals surface area contributed by atoms with Crippen molar-refractivity contribution in [1.29, 1.82) is 0 Å². The van der Waals surface area contributed by atoms with Gasteiger partial charge in [0.25, 0.3) is 0 Å². The molecule has 1 heterocycles. The third kappa shape index (κ3) is 3.12. The van der Waals surface area contributed by atoms with Gasteiger partial charge in [0, 0.05) is 6.20 Å². The van der Waals surface area contributed by atoms with Crippen molar-refractivity contribution in [2.75, 3.05) is 5.32 Å². The topological polar surface area (TPSA) is 37.8 Å². The first-order valence-electron chi connectivity index (χ1n) is 4.35. The van der Waals surface area contributed by atoms with Crippen LogP contribution in [0.25, 0.3) is 0 Å². The summed E-state index contributed by atoms with van der Waals surface area (Å²) in [6.45, 7) is 2.10. The molecule has 3 nitrogen and oxygen atoms in total. The van der Waals surface area contributed by atoms with E-state index in [1.165, 1.54) is 6.33 Å². The Bertz CT molecular complexity index is 276. The lowest BCUT2D eigenvalue weighted by Crippen LogP contribution is -2.17. The molecule has 0 aliphatic carbocycles. The maximum atomic E-state index is 5.35. The average Bonchev–Trinajstić information content (AvgIpc) is 2.19. The first-order chi connectivity index (χ1) is 6.36. The maximum absolute atomic E-state index is 5.35. The van der Waals surface area contributed by atoms with Crippen molar-refractivity contribution in [3.05, 3.63) is 18.6 Å². The number of terminal acetylenes is 1. The minimum atomic E-state index is 0.0694. The van der Waals surface area contributed by atoms with E-state index in [0.717, 1.165) is 18.7 Å². The maximum Gasteiger partial charge on any atom is 0.130 e. The van der Waals surface area contributed by atoms with Gasteiger partial charge >= 0.3 is 0 Å². The first-order valence-corrected chi connectivity index (χ1v) is 4.35. The summed E-state index contributed by atoms with van der Waals surface area (Å²) < 4.78 is 0. The highest BCUT2D eigenvalue weighted by Crippen LogP contribution is 2.04. The van der Waals surface area contributed by atoms with Crippen molar-refractivity contribution in [2.24, 2.45) is 0 Å². The van der Waals surface area contributed by atoms with Crippen LogP contribution in [0, 0.1) is 12.3 Å². The van der Waals surface area contributed by atoms with Crippen LogP contribution in [-0.2, 0) is 0 Å². The van der Waals surface area contributed by atoms with Crippen LogP contribution in [0.5, 0.6) is 0 Å². The van der Waals surface area contributed by atoms with Gasteiger partial charge < -0.3 is 5.32 Å².